The summed E-state index contributed by atoms with van der Waals surface area (Å²) < 4.78 is 5.54. The zero-order valence-corrected chi connectivity index (χ0v) is 11.2. The lowest BCUT2D eigenvalue weighted by Gasteiger charge is -2.28. The molecule has 0 aromatic rings. The maximum atomic E-state index is 5.54. The standard InChI is InChI=1S/C9H22N2OSi/c1-4-10-9(12-7-8-13)11(5-2)6-3/h7-10H,4-6H2,1-3,13H3. The Labute approximate surface area is 84.6 Å². The average Bonchev–Trinajstić information content (AvgIpc) is 2.16. The molecule has 0 heterocycles. The van der Waals surface area contributed by atoms with Crippen molar-refractivity contribution in [3.63, 3.8) is 0 Å². The van der Waals surface area contributed by atoms with E-state index in [1.54, 1.807) is 6.26 Å². The Morgan fingerprint density at radius 1 is 1.38 bits per heavy atom. The van der Waals surface area contributed by atoms with Gasteiger partial charge in [0.2, 0.25) is 6.35 Å². The summed E-state index contributed by atoms with van der Waals surface area (Å²) in [6, 6.07) is 0. The van der Waals surface area contributed by atoms with Crippen molar-refractivity contribution in [2.45, 2.75) is 27.1 Å². The van der Waals surface area contributed by atoms with Crippen molar-refractivity contribution in [1.82, 2.24) is 10.2 Å². The highest BCUT2D eigenvalue weighted by Crippen LogP contribution is 1.98. The number of hydrogen-bond donors (Lipinski definition) is 1. The van der Waals surface area contributed by atoms with Crippen molar-refractivity contribution >= 4 is 10.2 Å². The van der Waals surface area contributed by atoms with Gasteiger partial charge in [0.15, 0.2) is 0 Å². The Hall–Kier alpha value is -0.323. The van der Waals surface area contributed by atoms with Crippen LogP contribution in [0.15, 0.2) is 12.0 Å². The molecule has 0 spiro atoms. The Balaban J connectivity index is 4.03. The first kappa shape index (κ1) is 12.7. The molecular weight excluding hydrogens is 180 g/mol. The van der Waals surface area contributed by atoms with Crippen LogP contribution in [-0.2, 0) is 4.74 Å². The maximum Gasteiger partial charge on any atom is 0.208 e. The second-order valence-corrected chi connectivity index (χ2v) is 3.40. The SMILES string of the molecule is CCNC(OC=C[SiH3])N(CC)CC. The van der Waals surface area contributed by atoms with E-state index >= 15 is 0 Å². The van der Waals surface area contributed by atoms with Crippen molar-refractivity contribution in [1.29, 1.82) is 0 Å². The lowest BCUT2D eigenvalue weighted by Crippen LogP contribution is -2.46. The fourth-order valence-corrected chi connectivity index (χ4v) is 1.30. The minimum Gasteiger partial charge on any atom is -0.470 e. The molecule has 0 saturated carbocycles. The molecule has 1 atom stereocenters. The van der Waals surface area contributed by atoms with Gasteiger partial charge in [0.1, 0.15) is 0 Å². The molecule has 0 fully saturated rings. The predicted octanol–water partition coefficient (Wildman–Crippen LogP) is 0.0745. The smallest absolute Gasteiger partial charge is 0.208 e. The zero-order valence-electron chi connectivity index (χ0n) is 9.21. The van der Waals surface area contributed by atoms with Crippen LogP contribution in [0.4, 0.5) is 0 Å². The first-order valence-electron chi connectivity index (χ1n) is 5.04. The first-order chi connectivity index (χ1) is 6.29. The summed E-state index contributed by atoms with van der Waals surface area (Å²) in [6.07, 6.45) is 1.82. The Bertz CT molecular complexity index is 138. The molecule has 0 saturated heterocycles. The van der Waals surface area contributed by atoms with Crippen LogP contribution in [0.25, 0.3) is 0 Å². The van der Waals surface area contributed by atoms with E-state index in [1.165, 1.54) is 0 Å². The van der Waals surface area contributed by atoms with Crippen LogP contribution in [0.1, 0.15) is 20.8 Å². The third-order valence-electron chi connectivity index (χ3n) is 1.87. The van der Waals surface area contributed by atoms with Gasteiger partial charge >= 0.3 is 0 Å². The summed E-state index contributed by atoms with van der Waals surface area (Å²) in [6.45, 7) is 9.30. The first-order valence-corrected chi connectivity index (χ1v) is 6.19. The number of nitrogens with zero attached hydrogens (tertiary/aromatic N) is 1. The third kappa shape index (κ3) is 5.08. The van der Waals surface area contributed by atoms with E-state index in [-0.39, 0.29) is 6.35 Å². The number of rotatable bonds is 7. The van der Waals surface area contributed by atoms with Gasteiger partial charge in [-0.3, -0.25) is 10.2 Å². The van der Waals surface area contributed by atoms with Crippen molar-refractivity contribution < 1.29 is 4.74 Å². The van der Waals surface area contributed by atoms with E-state index < -0.39 is 0 Å². The summed E-state index contributed by atoms with van der Waals surface area (Å²) in [4.78, 5) is 2.24. The second kappa shape index (κ2) is 8.28. The molecule has 0 aliphatic heterocycles. The van der Waals surface area contributed by atoms with Crippen LogP contribution in [-0.4, -0.2) is 41.1 Å². The number of nitrogens with one attached hydrogen (secondary N) is 1. The van der Waals surface area contributed by atoms with E-state index in [4.69, 9.17) is 4.74 Å². The summed E-state index contributed by atoms with van der Waals surface area (Å²) in [5.74, 6) is 0. The molecule has 0 rings (SSSR count). The van der Waals surface area contributed by atoms with Gasteiger partial charge in [-0.15, -0.1) is 0 Å². The molecule has 4 heteroatoms. The Morgan fingerprint density at radius 2 is 2.00 bits per heavy atom. The van der Waals surface area contributed by atoms with E-state index in [9.17, 15) is 0 Å². The molecule has 0 amide bonds. The molecule has 3 nitrogen and oxygen atoms in total. The molecule has 0 bridgehead atoms. The van der Waals surface area contributed by atoms with Gasteiger partial charge in [0.05, 0.1) is 6.26 Å². The average molecular weight is 202 g/mol. The van der Waals surface area contributed by atoms with Crippen LogP contribution in [0, 0.1) is 0 Å². The summed E-state index contributed by atoms with van der Waals surface area (Å²) in [5.41, 5.74) is 2.04. The fourth-order valence-electron chi connectivity index (χ4n) is 1.15. The monoisotopic (exact) mass is 202 g/mol. The van der Waals surface area contributed by atoms with Gasteiger partial charge in [-0.2, -0.15) is 0 Å². The van der Waals surface area contributed by atoms with Gasteiger partial charge in [0, 0.05) is 23.3 Å². The molecule has 1 N–H and O–H groups in total. The van der Waals surface area contributed by atoms with Crippen molar-refractivity contribution in [3.8, 4) is 0 Å². The van der Waals surface area contributed by atoms with Crippen molar-refractivity contribution in [2.24, 2.45) is 0 Å². The lowest BCUT2D eigenvalue weighted by atomic mass is 10.5. The second-order valence-electron chi connectivity index (χ2n) is 2.74. The largest absolute Gasteiger partial charge is 0.470 e. The highest BCUT2D eigenvalue weighted by atomic mass is 28.1. The molecule has 0 aliphatic carbocycles. The predicted molar refractivity (Wildman–Crippen MR) is 60.5 cm³/mol. The van der Waals surface area contributed by atoms with E-state index in [0.29, 0.717) is 0 Å². The molecule has 0 radical (unpaired) electrons. The maximum absolute atomic E-state index is 5.54. The number of hydrogen-bond acceptors (Lipinski definition) is 3. The molecule has 13 heavy (non-hydrogen) atoms. The van der Waals surface area contributed by atoms with Gasteiger partial charge in [-0.1, -0.05) is 26.5 Å². The van der Waals surface area contributed by atoms with Gasteiger partial charge in [-0.05, 0) is 6.54 Å². The van der Waals surface area contributed by atoms with Crippen molar-refractivity contribution in [3.05, 3.63) is 12.0 Å². The third-order valence-corrected chi connectivity index (χ3v) is 2.14. The van der Waals surface area contributed by atoms with E-state index in [1.807, 2.05) is 5.70 Å². The summed E-state index contributed by atoms with van der Waals surface area (Å²) >= 11 is 0. The zero-order chi connectivity index (χ0) is 10.1. The quantitative estimate of drug-likeness (QED) is 0.359. The topological polar surface area (TPSA) is 24.5 Å². The van der Waals surface area contributed by atoms with Gasteiger partial charge in [-0.25, -0.2) is 0 Å². The van der Waals surface area contributed by atoms with Crippen LogP contribution in [0.2, 0.25) is 0 Å². The highest BCUT2D eigenvalue weighted by Gasteiger charge is 2.12. The van der Waals surface area contributed by atoms with Crippen LogP contribution >= 0.6 is 0 Å². The molecular formula is C9H22N2OSi. The van der Waals surface area contributed by atoms with Crippen LogP contribution < -0.4 is 5.32 Å². The normalized spacial score (nSPS) is 14.2. The highest BCUT2D eigenvalue weighted by molar-refractivity contribution is 6.16. The number of ether oxygens (including phenoxy) is 1. The van der Waals surface area contributed by atoms with Crippen LogP contribution in [0.3, 0.4) is 0 Å². The van der Waals surface area contributed by atoms with Crippen LogP contribution in [0.5, 0.6) is 0 Å². The molecule has 0 aromatic carbocycles. The van der Waals surface area contributed by atoms with Crippen molar-refractivity contribution in [2.75, 3.05) is 19.6 Å². The minimum atomic E-state index is 0.0326. The molecule has 78 valence electrons. The molecule has 0 aromatic heterocycles. The molecule has 1 unspecified atom stereocenters. The fraction of sp³-hybridized carbons (Fsp3) is 0.778. The summed E-state index contributed by atoms with van der Waals surface area (Å²) in [5, 5.41) is 3.29. The van der Waals surface area contributed by atoms with E-state index in [0.717, 1.165) is 29.9 Å². The Kier molecular flexibility index (Phi) is 8.08. The van der Waals surface area contributed by atoms with Gasteiger partial charge in [0.25, 0.3) is 0 Å². The molecule has 0 aliphatic rings. The lowest BCUT2D eigenvalue weighted by molar-refractivity contribution is -0.0260. The summed E-state index contributed by atoms with van der Waals surface area (Å²) in [7, 11) is 1.05. The minimum absolute atomic E-state index is 0.0326. The van der Waals surface area contributed by atoms with E-state index in [2.05, 4.69) is 31.0 Å². The van der Waals surface area contributed by atoms with Gasteiger partial charge < -0.3 is 4.74 Å². The Morgan fingerprint density at radius 3 is 2.38 bits per heavy atom.